The van der Waals surface area contributed by atoms with E-state index in [2.05, 4.69) is 68.7 Å². The summed E-state index contributed by atoms with van der Waals surface area (Å²) in [6.07, 6.45) is 10.3. The highest BCUT2D eigenvalue weighted by atomic mass is 35.5. The number of amides is 5. The van der Waals surface area contributed by atoms with Crippen molar-refractivity contribution in [1.29, 1.82) is 0 Å². The van der Waals surface area contributed by atoms with Gasteiger partial charge in [0.15, 0.2) is 12.4 Å². The van der Waals surface area contributed by atoms with Crippen LogP contribution in [0, 0.1) is 0 Å². The Morgan fingerprint density at radius 3 is 2.44 bits per heavy atom. The summed E-state index contributed by atoms with van der Waals surface area (Å²) >= 11 is 6.57. The number of hydrogen-bond acceptors (Lipinski definition) is 17. The Kier molecular flexibility index (Phi) is 16.1. The minimum Gasteiger partial charge on any atom is -0.494 e. The van der Waals surface area contributed by atoms with Crippen LogP contribution in [-0.2, 0) is 42.2 Å². The lowest BCUT2D eigenvalue weighted by molar-refractivity contribution is -0.137. The predicted molar refractivity (Wildman–Crippen MR) is 282 cm³/mol. The second kappa shape index (κ2) is 23.0. The van der Waals surface area contributed by atoms with Crippen molar-refractivity contribution in [2.75, 3.05) is 86.0 Å². The van der Waals surface area contributed by atoms with E-state index in [1.165, 1.54) is 23.5 Å². The molecule has 22 nitrogen and oxygen atoms in total. The highest BCUT2D eigenvalue weighted by Crippen LogP contribution is 2.39. The van der Waals surface area contributed by atoms with E-state index in [-0.39, 0.29) is 72.1 Å². The van der Waals surface area contributed by atoms with Crippen molar-refractivity contribution in [3.05, 3.63) is 82.8 Å². The maximum Gasteiger partial charge on any atom is 0.257 e. The van der Waals surface area contributed by atoms with E-state index in [0.717, 1.165) is 62.9 Å². The summed E-state index contributed by atoms with van der Waals surface area (Å²) in [6, 6.07) is 12.2. The van der Waals surface area contributed by atoms with Crippen LogP contribution in [0.3, 0.4) is 0 Å². The van der Waals surface area contributed by atoms with Crippen molar-refractivity contribution >= 4 is 96.7 Å². The van der Waals surface area contributed by atoms with Gasteiger partial charge in [0.25, 0.3) is 11.8 Å². The number of unbranched alkanes of at least 4 members (excludes halogenated alkanes) is 1. The molecule has 24 heteroatoms. The number of sulfonamides is 1. The van der Waals surface area contributed by atoms with Crippen LogP contribution in [0.25, 0.3) is 11.0 Å². The fourth-order valence-corrected chi connectivity index (χ4v) is 10.8. The van der Waals surface area contributed by atoms with Gasteiger partial charge in [-0.15, -0.1) is 0 Å². The second-order valence-electron chi connectivity index (χ2n) is 18.9. The Morgan fingerprint density at radius 1 is 0.907 bits per heavy atom. The first kappa shape index (κ1) is 52.5. The molecule has 3 saturated heterocycles. The SMILES string of the molecule is CCc1cc(Nc2ncc(Cl)c(Nc3ccc4nccnc4c3NS(C)(=O)=O)n2)c(OC)cc1N1CCC(N2CCN(C(=O)CCCCNC(=O)COc3cccc4c3CN(C3CCC(=O)NC3=O)C4=O)CC2)CC1. The standard InChI is InChI=1S/C51H60ClN13O9S/c1-4-31-26-38(58-51-56-28-35(52)48(60-51)57-37-12-11-36-46(55-19-18-53-36)47(37)61-75(3,71)72)42(73-2)27-40(31)63-20-15-32(16-21-63)62-22-24-64(25-23-62)45(68)10-5-6-17-54-44(67)30-74-41-9-7-8-33-34(41)29-65(50(33)70)39-13-14-43(66)59-49(39)69/h7-9,11-12,18-19,26-28,32,39,61H,4-6,10,13-17,20-25,29-30H2,1-3H3,(H,54,67)(H,59,66,69)(H2,56,57,58,60). The van der Waals surface area contributed by atoms with Gasteiger partial charge in [-0.25, -0.2) is 13.4 Å². The Morgan fingerprint density at radius 2 is 1.69 bits per heavy atom. The number of carbonyl (C=O) groups excluding carboxylic acids is 5. The second-order valence-corrected chi connectivity index (χ2v) is 21.0. The molecule has 5 N–H and O–H groups in total. The van der Waals surface area contributed by atoms with Crippen LogP contribution in [0.2, 0.25) is 5.02 Å². The Labute approximate surface area is 439 Å². The molecule has 9 rings (SSSR count). The van der Waals surface area contributed by atoms with E-state index in [1.54, 1.807) is 37.4 Å². The van der Waals surface area contributed by atoms with Crippen LogP contribution < -0.4 is 40.4 Å². The first-order valence-corrected chi connectivity index (χ1v) is 27.3. The molecule has 1 atom stereocenters. The minimum atomic E-state index is -3.69. The maximum absolute atomic E-state index is 13.2. The number of nitrogens with zero attached hydrogens (tertiary/aromatic N) is 8. The predicted octanol–water partition coefficient (Wildman–Crippen LogP) is 4.74. The lowest BCUT2D eigenvalue weighted by atomic mass is 9.99. The lowest BCUT2D eigenvalue weighted by Gasteiger charge is -2.43. The number of piperidine rings is 2. The molecule has 0 bridgehead atoms. The van der Waals surface area contributed by atoms with Gasteiger partial charge in [0.05, 0.1) is 48.7 Å². The molecular weight excluding hydrogens is 1010 g/mol. The molecule has 3 fully saturated rings. The van der Waals surface area contributed by atoms with E-state index in [0.29, 0.717) is 90.0 Å². The smallest absolute Gasteiger partial charge is 0.257 e. The molecule has 6 heterocycles. The molecule has 75 heavy (non-hydrogen) atoms. The Bertz CT molecular complexity index is 3110. The molecule has 396 valence electrons. The van der Waals surface area contributed by atoms with Gasteiger partial charge < -0.3 is 40.1 Å². The lowest BCUT2D eigenvalue weighted by Crippen LogP contribution is -2.54. The fraction of sp³-hybridized carbons (Fsp3) is 0.431. The maximum atomic E-state index is 13.2. The average Bonchev–Trinajstić information content (AvgIpc) is 3.74. The Hall–Kier alpha value is -7.37. The molecule has 0 aliphatic carbocycles. The molecule has 4 aliphatic heterocycles. The third-order valence-electron chi connectivity index (χ3n) is 14.0. The molecule has 4 aliphatic rings. The molecule has 3 aromatic carbocycles. The quantitative estimate of drug-likeness (QED) is 0.0552. The van der Waals surface area contributed by atoms with E-state index in [1.807, 2.05) is 11.0 Å². The number of aromatic nitrogens is 4. The molecule has 2 aromatic heterocycles. The number of aryl methyl sites for hydroxylation is 1. The molecule has 0 spiro atoms. The van der Waals surface area contributed by atoms with Crippen molar-refractivity contribution in [2.24, 2.45) is 0 Å². The first-order chi connectivity index (χ1) is 36.2. The zero-order chi connectivity index (χ0) is 52.8. The minimum absolute atomic E-state index is 0.117. The van der Waals surface area contributed by atoms with Gasteiger partial charge in [0, 0.05) is 100.0 Å². The largest absolute Gasteiger partial charge is 0.494 e. The zero-order valence-corrected chi connectivity index (χ0v) is 43.6. The number of rotatable bonds is 19. The molecule has 0 radical (unpaired) electrons. The monoisotopic (exact) mass is 1070 g/mol. The third-order valence-corrected chi connectivity index (χ3v) is 14.8. The van der Waals surface area contributed by atoms with Gasteiger partial charge in [-0.1, -0.05) is 24.6 Å². The van der Waals surface area contributed by atoms with Crippen molar-refractivity contribution in [3.63, 3.8) is 0 Å². The summed E-state index contributed by atoms with van der Waals surface area (Å²) in [7, 11) is -2.07. The van der Waals surface area contributed by atoms with Crippen LogP contribution in [0.4, 0.5) is 34.5 Å². The van der Waals surface area contributed by atoms with Gasteiger partial charge in [-0.3, -0.25) is 48.9 Å². The number of carbonyl (C=O) groups is 5. The number of anilines is 6. The van der Waals surface area contributed by atoms with Gasteiger partial charge >= 0.3 is 0 Å². The molecule has 5 aromatic rings. The zero-order valence-electron chi connectivity index (χ0n) is 42.0. The highest BCUT2D eigenvalue weighted by molar-refractivity contribution is 7.92. The number of nitrogens with one attached hydrogen (secondary N) is 5. The highest BCUT2D eigenvalue weighted by Gasteiger charge is 2.40. The van der Waals surface area contributed by atoms with Crippen molar-refractivity contribution < 1.29 is 41.9 Å². The third kappa shape index (κ3) is 12.3. The van der Waals surface area contributed by atoms with E-state index in [9.17, 15) is 32.4 Å². The summed E-state index contributed by atoms with van der Waals surface area (Å²) in [4.78, 5) is 89.1. The number of hydrogen-bond donors (Lipinski definition) is 5. The Balaban J connectivity index is 0.707. The van der Waals surface area contributed by atoms with Crippen LogP contribution in [0.15, 0.2) is 61.1 Å². The number of methoxy groups -OCH3 is 1. The number of imide groups is 1. The van der Waals surface area contributed by atoms with Gasteiger partial charge in [-0.2, -0.15) is 4.98 Å². The summed E-state index contributed by atoms with van der Waals surface area (Å²) in [5, 5.41) is 11.8. The van der Waals surface area contributed by atoms with E-state index in [4.69, 9.17) is 21.1 Å². The average molecular weight is 1070 g/mol. The topological polar surface area (TPSA) is 263 Å². The van der Waals surface area contributed by atoms with Gasteiger partial charge in [0.2, 0.25) is 33.7 Å². The summed E-state index contributed by atoms with van der Waals surface area (Å²) in [5.41, 5.74) is 5.31. The van der Waals surface area contributed by atoms with Crippen molar-refractivity contribution in [3.8, 4) is 11.5 Å². The van der Waals surface area contributed by atoms with Crippen molar-refractivity contribution in [2.45, 2.75) is 76.9 Å². The van der Waals surface area contributed by atoms with Crippen LogP contribution in [0.5, 0.6) is 11.5 Å². The summed E-state index contributed by atoms with van der Waals surface area (Å²) in [5.74, 6) is 0.102. The number of halogens is 1. The molecule has 1 unspecified atom stereocenters. The molecule has 5 amide bonds. The first-order valence-electron chi connectivity index (χ1n) is 25.1. The van der Waals surface area contributed by atoms with Crippen molar-refractivity contribution in [1.82, 2.24) is 45.3 Å². The van der Waals surface area contributed by atoms with Crippen LogP contribution in [0.1, 0.15) is 73.4 Å². The number of ether oxygens (including phenoxy) is 2. The number of piperazine rings is 1. The molecule has 0 saturated carbocycles. The number of benzene rings is 3. The van der Waals surface area contributed by atoms with E-state index < -0.39 is 22.0 Å². The summed E-state index contributed by atoms with van der Waals surface area (Å²) < 4.78 is 39.0. The summed E-state index contributed by atoms with van der Waals surface area (Å²) in [6.45, 7) is 7.10. The fourth-order valence-electron chi connectivity index (χ4n) is 10.1. The molecular formula is C51H60ClN13O9S. The van der Waals surface area contributed by atoms with Gasteiger partial charge in [0.1, 0.15) is 28.1 Å². The van der Waals surface area contributed by atoms with Crippen LogP contribution in [-0.4, -0.2) is 150 Å². The number of fused-ring (bicyclic) bond motifs is 2. The normalized spacial score (nSPS) is 17.4. The van der Waals surface area contributed by atoms with Gasteiger partial charge in [-0.05, 0) is 74.4 Å². The van der Waals surface area contributed by atoms with Crippen LogP contribution >= 0.6 is 11.6 Å². The van der Waals surface area contributed by atoms with E-state index >= 15 is 0 Å².